The molecule has 1 heterocycles. The van der Waals surface area contributed by atoms with Crippen molar-refractivity contribution in [1.29, 1.82) is 0 Å². The number of hydrogen-bond acceptors (Lipinski definition) is 4. The second-order valence-corrected chi connectivity index (χ2v) is 8.73. The van der Waals surface area contributed by atoms with Crippen LogP contribution in [0.25, 0.3) is 10.2 Å². The highest BCUT2D eigenvalue weighted by Gasteiger charge is 2.23. The van der Waals surface area contributed by atoms with Crippen LogP contribution in [-0.2, 0) is 16.6 Å². The molecule has 2 aromatic carbocycles. The average Bonchev–Trinajstić information content (AvgIpc) is 2.88. The lowest BCUT2D eigenvalue weighted by atomic mass is 10.2. The van der Waals surface area contributed by atoms with E-state index < -0.39 is 10.0 Å². The van der Waals surface area contributed by atoms with Crippen LogP contribution >= 0.6 is 11.3 Å². The Morgan fingerprint density at radius 3 is 2.57 bits per heavy atom. The number of aromatic nitrogens is 1. The standard InChI is InChI=1S/C17H18N2O2S2/c1-12-8-9-16(13(2)10-12)23(20,21)19(3)11-17-18-14-6-4-5-7-15(14)22-17/h4-10H,11H2,1-3H3. The summed E-state index contributed by atoms with van der Waals surface area (Å²) in [5.41, 5.74) is 2.72. The van der Waals surface area contributed by atoms with Crippen molar-refractivity contribution in [2.45, 2.75) is 25.3 Å². The van der Waals surface area contributed by atoms with E-state index in [9.17, 15) is 8.42 Å². The van der Waals surface area contributed by atoms with E-state index >= 15 is 0 Å². The van der Waals surface area contributed by atoms with Gasteiger partial charge in [-0.2, -0.15) is 4.31 Å². The second-order valence-electron chi connectivity index (χ2n) is 5.61. The van der Waals surface area contributed by atoms with Crippen LogP contribution in [0.15, 0.2) is 47.4 Å². The SMILES string of the molecule is Cc1ccc(S(=O)(=O)N(C)Cc2nc3ccccc3s2)c(C)c1. The van der Waals surface area contributed by atoms with E-state index in [1.165, 1.54) is 15.6 Å². The Labute approximate surface area is 140 Å². The summed E-state index contributed by atoms with van der Waals surface area (Å²) < 4.78 is 28.0. The highest BCUT2D eigenvalue weighted by Crippen LogP contribution is 2.25. The zero-order valence-corrected chi connectivity index (χ0v) is 14.9. The van der Waals surface area contributed by atoms with Crippen molar-refractivity contribution in [2.24, 2.45) is 0 Å². The van der Waals surface area contributed by atoms with Gasteiger partial charge in [-0.15, -0.1) is 11.3 Å². The van der Waals surface area contributed by atoms with Gasteiger partial charge in [0.05, 0.1) is 21.7 Å². The summed E-state index contributed by atoms with van der Waals surface area (Å²) in [5, 5.41) is 0.794. The lowest BCUT2D eigenvalue weighted by molar-refractivity contribution is 0.465. The van der Waals surface area contributed by atoms with Crippen molar-refractivity contribution < 1.29 is 8.42 Å². The van der Waals surface area contributed by atoms with Crippen molar-refractivity contribution in [2.75, 3.05) is 7.05 Å². The molecule has 0 unspecified atom stereocenters. The highest BCUT2D eigenvalue weighted by molar-refractivity contribution is 7.89. The predicted molar refractivity (Wildman–Crippen MR) is 94.2 cm³/mol. The zero-order valence-electron chi connectivity index (χ0n) is 13.3. The summed E-state index contributed by atoms with van der Waals surface area (Å²) in [4.78, 5) is 4.86. The lowest BCUT2D eigenvalue weighted by Gasteiger charge is -2.17. The van der Waals surface area contributed by atoms with Crippen LogP contribution in [-0.4, -0.2) is 24.8 Å². The maximum Gasteiger partial charge on any atom is 0.243 e. The molecule has 1 aromatic heterocycles. The summed E-state index contributed by atoms with van der Waals surface area (Å²) >= 11 is 1.53. The minimum atomic E-state index is -3.52. The van der Waals surface area contributed by atoms with Gasteiger partial charge in [-0.25, -0.2) is 13.4 Å². The zero-order chi connectivity index (χ0) is 16.6. The van der Waals surface area contributed by atoms with E-state index in [1.807, 2.05) is 50.2 Å². The lowest BCUT2D eigenvalue weighted by Crippen LogP contribution is -2.27. The number of benzene rings is 2. The fourth-order valence-corrected chi connectivity index (χ4v) is 4.96. The van der Waals surface area contributed by atoms with Gasteiger partial charge < -0.3 is 0 Å². The number of aryl methyl sites for hydroxylation is 2. The Hall–Kier alpha value is -1.76. The van der Waals surface area contributed by atoms with Crippen LogP contribution < -0.4 is 0 Å². The van der Waals surface area contributed by atoms with Crippen LogP contribution in [0.1, 0.15) is 16.1 Å². The topological polar surface area (TPSA) is 50.3 Å². The van der Waals surface area contributed by atoms with Crippen LogP contribution in [0, 0.1) is 13.8 Å². The quantitative estimate of drug-likeness (QED) is 0.723. The minimum absolute atomic E-state index is 0.273. The molecule has 0 spiro atoms. The number of fused-ring (bicyclic) bond motifs is 1. The summed E-state index contributed by atoms with van der Waals surface area (Å²) in [6.45, 7) is 4.05. The molecular weight excluding hydrogens is 328 g/mol. The van der Waals surface area contributed by atoms with Crippen LogP contribution in [0.2, 0.25) is 0 Å². The highest BCUT2D eigenvalue weighted by atomic mass is 32.2. The van der Waals surface area contributed by atoms with Crippen molar-refractivity contribution in [3.8, 4) is 0 Å². The van der Waals surface area contributed by atoms with E-state index in [1.54, 1.807) is 13.1 Å². The summed E-state index contributed by atoms with van der Waals surface area (Å²) in [7, 11) is -1.92. The number of sulfonamides is 1. The first-order chi connectivity index (χ1) is 10.9. The molecule has 0 aliphatic heterocycles. The third kappa shape index (κ3) is 3.15. The number of nitrogens with zero attached hydrogens (tertiary/aromatic N) is 2. The molecule has 23 heavy (non-hydrogen) atoms. The predicted octanol–water partition coefficient (Wildman–Crippen LogP) is 3.73. The maximum absolute atomic E-state index is 12.8. The van der Waals surface area contributed by atoms with E-state index in [2.05, 4.69) is 4.98 Å². The molecule has 4 nitrogen and oxygen atoms in total. The Balaban J connectivity index is 1.90. The van der Waals surface area contributed by atoms with Gasteiger partial charge in [0.15, 0.2) is 0 Å². The molecule has 3 rings (SSSR count). The van der Waals surface area contributed by atoms with Gasteiger partial charge in [-0.3, -0.25) is 0 Å². The molecule has 0 saturated carbocycles. The van der Waals surface area contributed by atoms with Gasteiger partial charge in [0.2, 0.25) is 10.0 Å². The molecule has 0 amide bonds. The first-order valence-corrected chi connectivity index (χ1v) is 9.51. The summed E-state index contributed by atoms with van der Waals surface area (Å²) in [6, 6.07) is 13.2. The molecule has 3 aromatic rings. The second kappa shape index (κ2) is 6.03. The summed E-state index contributed by atoms with van der Waals surface area (Å²) in [5.74, 6) is 0. The van der Waals surface area contributed by atoms with E-state index in [0.29, 0.717) is 4.90 Å². The van der Waals surface area contributed by atoms with E-state index in [0.717, 1.165) is 26.4 Å². The van der Waals surface area contributed by atoms with Crippen molar-refractivity contribution in [3.63, 3.8) is 0 Å². The maximum atomic E-state index is 12.8. The molecule has 0 atom stereocenters. The number of hydrogen-bond donors (Lipinski definition) is 0. The molecule has 0 aliphatic rings. The molecule has 0 N–H and O–H groups in total. The summed E-state index contributed by atoms with van der Waals surface area (Å²) in [6.07, 6.45) is 0. The first kappa shape index (κ1) is 16.1. The van der Waals surface area contributed by atoms with Gasteiger partial charge in [-0.05, 0) is 37.6 Å². The molecular formula is C17H18N2O2S2. The van der Waals surface area contributed by atoms with Crippen LogP contribution in [0.4, 0.5) is 0 Å². The molecule has 0 saturated heterocycles. The van der Waals surface area contributed by atoms with Gasteiger partial charge >= 0.3 is 0 Å². The Bertz CT molecular complexity index is 929. The Morgan fingerprint density at radius 2 is 1.87 bits per heavy atom. The molecule has 120 valence electrons. The number of rotatable bonds is 4. The molecule has 0 fully saturated rings. The van der Waals surface area contributed by atoms with Gasteiger partial charge in [-0.1, -0.05) is 29.8 Å². The number of para-hydroxylation sites is 1. The monoisotopic (exact) mass is 346 g/mol. The normalized spacial score (nSPS) is 12.2. The Morgan fingerprint density at radius 1 is 1.13 bits per heavy atom. The molecule has 6 heteroatoms. The third-order valence-electron chi connectivity index (χ3n) is 3.71. The molecule has 0 radical (unpaired) electrons. The average molecular weight is 346 g/mol. The third-order valence-corrected chi connectivity index (χ3v) is 6.70. The van der Waals surface area contributed by atoms with E-state index in [4.69, 9.17) is 0 Å². The fraction of sp³-hybridized carbons (Fsp3) is 0.235. The largest absolute Gasteiger partial charge is 0.243 e. The van der Waals surface area contributed by atoms with Crippen molar-refractivity contribution in [1.82, 2.24) is 9.29 Å². The van der Waals surface area contributed by atoms with Crippen molar-refractivity contribution in [3.05, 3.63) is 58.6 Å². The van der Waals surface area contributed by atoms with Crippen LogP contribution in [0.5, 0.6) is 0 Å². The molecule has 0 bridgehead atoms. The van der Waals surface area contributed by atoms with E-state index in [-0.39, 0.29) is 6.54 Å². The minimum Gasteiger partial charge on any atom is -0.240 e. The molecule has 0 aliphatic carbocycles. The fourth-order valence-electron chi connectivity index (χ4n) is 2.52. The van der Waals surface area contributed by atoms with Gasteiger partial charge in [0.1, 0.15) is 5.01 Å². The van der Waals surface area contributed by atoms with Gasteiger partial charge in [0.25, 0.3) is 0 Å². The Kier molecular flexibility index (Phi) is 4.23. The van der Waals surface area contributed by atoms with Crippen molar-refractivity contribution >= 4 is 31.6 Å². The van der Waals surface area contributed by atoms with Gasteiger partial charge in [0, 0.05) is 7.05 Å². The smallest absolute Gasteiger partial charge is 0.240 e. The first-order valence-electron chi connectivity index (χ1n) is 7.26. The van der Waals surface area contributed by atoms with Crippen LogP contribution in [0.3, 0.4) is 0 Å². The number of thiazole rings is 1.